The van der Waals surface area contributed by atoms with E-state index in [1.54, 1.807) is 0 Å². The van der Waals surface area contributed by atoms with Gasteiger partial charge in [0.05, 0.1) is 17.0 Å². The zero-order valence-electron chi connectivity index (χ0n) is 30.8. The van der Waals surface area contributed by atoms with Crippen LogP contribution in [-0.4, -0.2) is 15.0 Å². The van der Waals surface area contributed by atoms with Crippen molar-refractivity contribution in [2.75, 3.05) is 0 Å². The van der Waals surface area contributed by atoms with Crippen LogP contribution in [0.3, 0.4) is 0 Å². The summed E-state index contributed by atoms with van der Waals surface area (Å²) in [6, 6.07) is 70.3. The van der Waals surface area contributed by atoms with Crippen LogP contribution in [-0.2, 0) is 5.41 Å². The van der Waals surface area contributed by atoms with Crippen molar-refractivity contribution in [2.45, 2.75) is 5.41 Å². The van der Waals surface area contributed by atoms with Crippen molar-refractivity contribution in [1.29, 1.82) is 5.26 Å². The fourth-order valence-electron chi connectivity index (χ4n) is 9.05. The monoisotopic (exact) mass is 724 g/mol. The maximum absolute atomic E-state index is 10.1. The van der Waals surface area contributed by atoms with E-state index in [4.69, 9.17) is 15.0 Å². The third-order valence-corrected chi connectivity index (χ3v) is 11.6. The van der Waals surface area contributed by atoms with Crippen molar-refractivity contribution in [3.63, 3.8) is 0 Å². The van der Waals surface area contributed by atoms with Crippen LogP contribution in [0.5, 0.6) is 0 Å². The van der Waals surface area contributed by atoms with Crippen LogP contribution in [0, 0.1) is 11.3 Å². The fraction of sp³-hybridized carbons (Fsp3) is 0.0189. The molecule has 2 aliphatic rings. The molecule has 0 fully saturated rings. The number of benzene rings is 8. The molecule has 0 atom stereocenters. The molecule has 1 spiro atoms. The Hall–Kier alpha value is -7.74. The third-order valence-electron chi connectivity index (χ3n) is 11.6. The molecule has 0 radical (unpaired) electrons. The van der Waals surface area contributed by atoms with E-state index in [9.17, 15) is 5.26 Å². The number of rotatable bonds is 5. The number of hydrogen-bond donors (Lipinski definition) is 0. The maximum atomic E-state index is 10.1. The van der Waals surface area contributed by atoms with Crippen LogP contribution >= 0.6 is 0 Å². The Morgan fingerprint density at radius 3 is 1.33 bits per heavy atom. The molecule has 4 nitrogen and oxygen atoms in total. The van der Waals surface area contributed by atoms with Crippen LogP contribution in [0.2, 0.25) is 0 Å². The molecular formula is C53H32N4. The second kappa shape index (κ2) is 12.9. The Bertz CT molecular complexity index is 3040. The Balaban J connectivity index is 1.07. The van der Waals surface area contributed by atoms with E-state index in [-0.39, 0.29) is 0 Å². The smallest absolute Gasteiger partial charge is 0.164 e. The number of nitriles is 1. The summed E-state index contributed by atoms with van der Waals surface area (Å²) < 4.78 is 0. The molecule has 0 aliphatic heterocycles. The van der Waals surface area contributed by atoms with E-state index in [0.29, 0.717) is 23.0 Å². The van der Waals surface area contributed by atoms with Crippen LogP contribution in [0.4, 0.5) is 0 Å². The maximum Gasteiger partial charge on any atom is 0.164 e. The lowest BCUT2D eigenvalue weighted by molar-refractivity contribution is 0.793. The second-order valence-electron chi connectivity index (χ2n) is 14.7. The van der Waals surface area contributed by atoms with Crippen molar-refractivity contribution in [3.05, 3.63) is 222 Å². The van der Waals surface area contributed by atoms with Gasteiger partial charge in [0.15, 0.2) is 17.5 Å². The standard InChI is InChI=1S/C53H32N4/c54-33-34-25-27-44-45-28-26-39(32-49(45)53(48(44)29-34)46-23-9-7-21-42(46)43-22-8-10-24-47(43)53)38-18-12-20-41(31-38)52-56-50(36-15-5-2-6-16-36)55-51(57-52)40-19-11-17-37(30-40)35-13-3-1-4-14-35/h1-32H. The first-order valence-corrected chi connectivity index (χ1v) is 19.2. The van der Waals surface area contributed by atoms with Crippen LogP contribution < -0.4 is 0 Å². The SMILES string of the molecule is N#Cc1ccc2c(c1)C1(c3ccccc3-c3ccccc31)c1cc(-c3cccc(-c4nc(-c5ccccc5)nc(-c5cccc(-c6ccccc6)c5)n4)c3)ccc1-2. The molecule has 1 aromatic heterocycles. The lowest BCUT2D eigenvalue weighted by Crippen LogP contribution is -2.26. The molecule has 1 heterocycles. The summed E-state index contributed by atoms with van der Waals surface area (Å²) in [5.74, 6) is 1.85. The summed E-state index contributed by atoms with van der Waals surface area (Å²) in [6.45, 7) is 0. The fourth-order valence-corrected chi connectivity index (χ4v) is 9.05. The Morgan fingerprint density at radius 2 is 0.737 bits per heavy atom. The van der Waals surface area contributed by atoms with Gasteiger partial charge in [0.2, 0.25) is 0 Å². The number of aromatic nitrogens is 3. The minimum absolute atomic E-state index is 0.555. The lowest BCUT2D eigenvalue weighted by atomic mass is 9.70. The molecule has 2 aliphatic carbocycles. The highest BCUT2D eigenvalue weighted by Gasteiger charge is 2.51. The van der Waals surface area contributed by atoms with Crippen molar-refractivity contribution in [1.82, 2.24) is 15.0 Å². The van der Waals surface area contributed by atoms with E-state index in [1.807, 2.05) is 42.5 Å². The minimum atomic E-state index is -0.555. The van der Waals surface area contributed by atoms with Crippen molar-refractivity contribution < 1.29 is 0 Å². The van der Waals surface area contributed by atoms with Gasteiger partial charge in [0, 0.05) is 16.7 Å². The predicted octanol–water partition coefficient (Wildman–Crippen LogP) is 12.4. The normalized spacial score (nSPS) is 12.7. The van der Waals surface area contributed by atoms with Crippen molar-refractivity contribution in [2.24, 2.45) is 0 Å². The Morgan fingerprint density at radius 1 is 0.316 bits per heavy atom. The summed E-state index contributed by atoms with van der Waals surface area (Å²) in [5.41, 5.74) is 16.9. The van der Waals surface area contributed by atoms with Gasteiger partial charge < -0.3 is 0 Å². The van der Waals surface area contributed by atoms with Gasteiger partial charge in [0.1, 0.15) is 0 Å². The van der Waals surface area contributed by atoms with Gasteiger partial charge in [-0.1, -0.05) is 164 Å². The van der Waals surface area contributed by atoms with Crippen molar-refractivity contribution in [3.8, 4) is 84.7 Å². The highest BCUT2D eigenvalue weighted by Crippen LogP contribution is 2.63. The van der Waals surface area contributed by atoms with Gasteiger partial charge in [-0.05, 0) is 97.1 Å². The van der Waals surface area contributed by atoms with E-state index in [0.717, 1.165) is 44.5 Å². The molecule has 9 aromatic rings. The first-order valence-electron chi connectivity index (χ1n) is 19.2. The molecule has 0 bridgehead atoms. The molecule has 0 amide bonds. The summed E-state index contributed by atoms with van der Waals surface area (Å²) in [7, 11) is 0. The van der Waals surface area contributed by atoms with E-state index < -0.39 is 5.41 Å². The number of hydrogen-bond acceptors (Lipinski definition) is 4. The zero-order valence-corrected chi connectivity index (χ0v) is 30.8. The minimum Gasteiger partial charge on any atom is -0.208 e. The Kier molecular flexibility index (Phi) is 7.42. The largest absolute Gasteiger partial charge is 0.208 e. The predicted molar refractivity (Wildman–Crippen MR) is 228 cm³/mol. The average Bonchev–Trinajstić information content (AvgIpc) is 3.76. The van der Waals surface area contributed by atoms with Crippen LogP contribution in [0.25, 0.3) is 78.7 Å². The van der Waals surface area contributed by atoms with Gasteiger partial charge in [0.25, 0.3) is 0 Å². The topological polar surface area (TPSA) is 62.5 Å². The van der Waals surface area contributed by atoms with Crippen LogP contribution in [0.15, 0.2) is 194 Å². The van der Waals surface area contributed by atoms with E-state index >= 15 is 0 Å². The summed E-state index contributed by atoms with van der Waals surface area (Å²) in [6.07, 6.45) is 0. The molecular weight excluding hydrogens is 693 g/mol. The first kappa shape index (κ1) is 32.7. The highest BCUT2D eigenvalue weighted by molar-refractivity contribution is 5.96. The number of fused-ring (bicyclic) bond motifs is 10. The van der Waals surface area contributed by atoms with Crippen molar-refractivity contribution >= 4 is 0 Å². The molecule has 8 aromatic carbocycles. The molecule has 0 unspecified atom stereocenters. The Labute approximate surface area is 331 Å². The number of nitrogens with zero attached hydrogens (tertiary/aromatic N) is 4. The van der Waals surface area contributed by atoms with Gasteiger partial charge in [-0.25, -0.2) is 15.0 Å². The summed E-state index contributed by atoms with van der Waals surface area (Å²) in [5, 5.41) is 10.1. The second-order valence-corrected chi connectivity index (χ2v) is 14.7. The van der Waals surface area contributed by atoms with Crippen LogP contribution in [0.1, 0.15) is 27.8 Å². The average molecular weight is 725 g/mol. The molecule has 11 rings (SSSR count). The third kappa shape index (κ3) is 5.10. The van der Waals surface area contributed by atoms with Gasteiger partial charge >= 0.3 is 0 Å². The first-order chi connectivity index (χ1) is 28.2. The zero-order chi connectivity index (χ0) is 37.9. The van der Waals surface area contributed by atoms with Gasteiger partial charge in [-0.2, -0.15) is 5.26 Å². The molecule has 0 saturated heterocycles. The molecule has 4 heteroatoms. The van der Waals surface area contributed by atoms with Gasteiger partial charge in [-0.15, -0.1) is 0 Å². The summed E-state index contributed by atoms with van der Waals surface area (Å²) in [4.78, 5) is 15.2. The molecule has 264 valence electrons. The highest BCUT2D eigenvalue weighted by atomic mass is 15.0. The molecule has 0 N–H and O–H groups in total. The van der Waals surface area contributed by atoms with E-state index in [2.05, 4.69) is 158 Å². The quantitative estimate of drug-likeness (QED) is 0.177. The lowest BCUT2D eigenvalue weighted by Gasteiger charge is -2.30. The summed E-state index contributed by atoms with van der Waals surface area (Å²) >= 11 is 0. The molecule has 0 saturated carbocycles. The molecule has 57 heavy (non-hydrogen) atoms. The van der Waals surface area contributed by atoms with E-state index in [1.165, 1.54) is 38.9 Å². The van der Waals surface area contributed by atoms with Gasteiger partial charge in [-0.3, -0.25) is 0 Å².